The number of hydrogen-bond donors (Lipinski definition) is 1. The Bertz CT molecular complexity index is 1010. The van der Waals surface area contributed by atoms with Gasteiger partial charge in [-0.2, -0.15) is 0 Å². The third-order valence-corrected chi connectivity index (χ3v) is 5.33. The molecule has 0 radical (unpaired) electrons. The summed E-state index contributed by atoms with van der Waals surface area (Å²) in [6, 6.07) is 16.4. The molecule has 0 spiro atoms. The quantitative estimate of drug-likeness (QED) is 0.608. The van der Waals surface area contributed by atoms with Crippen molar-refractivity contribution in [2.24, 2.45) is 4.99 Å². The standard InChI is InChI=1S/C22H21BrN4O2/c1-29-20-14-24-19(13-25-20)22-26-18-9-8-16(23)12-17(18)21(27(22)10-5-11-28)15-6-3-2-4-7-15/h2-4,6-9,12-14,21,28H,5,10-11H2,1H3. The van der Waals surface area contributed by atoms with E-state index in [1.807, 2.05) is 30.3 Å². The Morgan fingerprint density at radius 1 is 1.10 bits per heavy atom. The number of nitrogens with zero attached hydrogens (tertiary/aromatic N) is 4. The van der Waals surface area contributed by atoms with Gasteiger partial charge in [-0.05, 0) is 30.2 Å². The second kappa shape index (κ2) is 8.71. The van der Waals surface area contributed by atoms with Crippen LogP contribution in [0.4, 0.5) is 5.69 Å². The lowest BCUT2D eigenvalue weighted by Crippen LogP contribution is -2.39. The summed E-state index contributed by atoms with van der Waals surface area (Å²) in [5.74, 6) is 1.19. The van der Waals surface area contributed by atoms with Crippen LogP contribution in [-0.2, 0) is 0 Å². The van der Waals surface area contributed by atoms with Crippen molar-refractivity contribution in [3.8, 4) is 5.88 Å². The van der Waals surface area contributed by atoms with E-state index >= 15 is 0 Å². The Morgan fingerprint density at radius 2 is 1.93 bits per heavy atom. The van der Waals surface area contributed by atoms with E-state index in [1.54, 1.807) is 19.5 Å². The van der Waals surface area contributed by atoms with E-state index in [0.29, 0.717) is 24.5 Å². The minimum absolute atomic E-state index is 0.0494. The molecule has 0 aliphatic carbocycles. The minimum Gasteiger partial charge on any atom is -0.480 e. The molecule has 0 bridgehead atoms. The number of methoxy groups -OCH3 is 1. The fourth-order valence-electron chi connectivity index (χ4n) is 3.53. The van der Waals surface area contributed by atoms with Gasteiger partial charge in [0.05, 0.1) is 31.2 Å². The van der Waals surface area contributed by atoms with E-state index < -0.39 is 0 Å². The van der Waals surface area contributed by atoms with Crippen LogP contribution in [0.3, 0.4) is 0 Å². The zero-order valence-electron chi connectivity index (χ0n) is 16.0. The molecule has 2 aromatic carbocycles. The van der Waals surface area contributed by atoms with Crippen LogP contribution in [0.1, 0.15) is 29.3 Å². The molecule has 1 N–H and O–H groups in total. The average molecular weight is 453 g/mol. The topological polar surface area (TPSA) is 70.8 Å². The molecule has 1 aliphatic rings. The molecular weight excluding hydrogens is 432 g/mol. The number of ether oxygens (including phenoxy) is 1. The Balaban J connectivity index is 1.89. The van der Waals surface area contributed by atoms with Crippen molar-refractivity contribution in [3.05, 3.63) is 82.2 Å². The molecule has 1 unspecified atom stereocenters. The van der Waals surface area contributed by atoms with Gasteiger partial charge >= 0.3 is 0 Å². The van der Waals surface area contributed by atoms with Gasteiger partial charge in [0.15, 0.2) is 5.84 Å². The fourth-order valence-corrected chi connectivity index (χ4v) is 3.91. The van der Waals surface area contributed by atoms with Crippen LogP contribution in [0.15, 0.2) is 70.4 Å². The summed E-state index contributed by atoms with van der Waals surface area (Å²) >= 11 is 3.60. The highest BCUT2D eigenvalue weighted by Crippen LogP contribution is 2.41. The molecule has 0 amide bonds. The zero-order valence-corrected chi connectivity index (χ0v) is 17.6. The summed E-state index contributed by atoms with van der Waals surface area (Å²) in [6.07, 6.45) is 3.89. The van der Waals surface area contributed by atoms with Crippen molar-refractivity contribution in [1.82, 2.24) is 14.9 Å². The van der Waals surface area contributed by atoms with E-state index in [2.05, 4.69) is 49.0 Å². The number of amidine groups is 1. The summed E-state index contributed by atoms with van der Waals surface area (Å²) in [7, 11) is 1.56. The summed E-state index contributed by atoms with van der Waals surface area (Å²) in [5, 5.41) is 9.50. The predicted octanol–water partition coefficient (Wildman–Crippen LogP) is 4.11. The second-order valence-electron chi connectivity index (χ2n) is 6.67. The summed E-state index contributed by atoms with van der Waals surface area (Å²) in [4.78, 5) is 15.9. The SMILES string of the molecule is COc1cnc(C2=Nc3ccc(Br)cc3C(c3ccccc3)N2CCCO)cn1. The molecule has 3 aromatic rings. The number of aliphatic imine (C=N–C) groups is 1. The highest BCUT2D eigenvalue weighted by molar-refractivity contribution is 9.10. The largest absolute Gasteiger partial charge is 0.480 e. The van der Waals surface area contributed by atoms with Crippen molar-refractivity contribution in [2.45, 2.75) is 12.5 Å². The van der Waals surface area contributed by atoms with E-state index in [4.69, 9.17) is 9.73 Å². The Morgan fingerprint density at radius 3 is 2.62 bits per heavy atom. The van der Waals surface area contributed by atoms with Crippen LogP contribution in [0, 0.1) is 0 Å². The van der Waals surface area contributed by atoms with Crippen molar-refractivity contribution in [2.75, 3.05) is 20.3 Å². The molecule has 29 heavy (non-hydrogen) atoms. The molecule has 7 heteroatoms. The maximum Gasteiger partial charge on any atom is 0.232 e. The van der Waals surface area contributed by atoms with Gasteiger partial charge in [-0.15, -0.1) is 0 Å². The van der Waals surface area contributed by atoms with Crippen molar-refractivity contribution >= 4 is 27.5 Å². The Labute approximate surface area is 178 Å². The van der Waals surface area contributed by atoms with E-state index in [0.717, 1.165) is 27.1 Å². The highest BCUT2D eigenvalue weighted by atomic mass is 79.9. The van der Waals surface area contributed by atoms with Gasteiger partial charge < -0.3 is 14.7 Å². The molecule has 1 aromatic heterocycles. The summed E-state index contributed by atoms with van der Waals surface area (Å²) in [6.45, 7) is 0.736. The van der Waals surface area contributed by atoms with Gasteiger partial charge in [-0.1, -0.05) is 46.3 Å². The summed E-state index contributed by atoms with van der Waals surface area (Å²) in [5.41, 5.74) is 3.82. The first-order valence-electron chi connectivity index (χ1n) is 9.38. The number of benzene rings is 2. The Kier molecular flexibility index (Phi) is 5.87. The first kappa shape index (κ1) is 19.5. The maximum atomic E-state index is 9.50. The lowest BCUT2D eigenvalue weighted by Gasteiger charge is -2.38. The van der Waals surface area contributed by atoms with Gasteiger partial charge in [-0.3, -0.25) is 0 Å². The van der Waals surface area contributed by atoms with Crippen molar-refractivity contribution in [1.29, 1.82) is 0 Å². The molecular formula is C22H21BrN4O2. The number of hydrogen-bond acceptors (Lipinski definition) is 6. The van der Waals surface area contributed by atoms with Crippen LogP contribution in [0.2, 0.25) is 0 Å². The highest BCUT2D eigenvalue weighted by Gasteiger charge is 2.32. The first-order chi connectivity index (χ1) is 14.2. The van der Waals surface area contributed by atoms with Gasteiger partial charge in [0.2, 0.25) is 5.88 Å². The van der Waals surface area contributed by atoms with E-state index in [-0.39, 0.29) is 12.6 Å². The van der Waals surface area contributed by atoms with E-state index in [9.17, 15) is 5.11 Å². The number of aliphatic hydroxyl groups is 1. The maximum absolute atomic E-state index is 9.50. The first-order valence-corrected chi connectivity index (χ1v) is 10.2. The van der Waals surface area contributed by atoms with Crippen LogP contribution >= 0.6 is 15.9 Å². The fraction of sp³-hybridized carbons (Fsp3) is 0.227. The second-order valence-corrected chi connectivity index (χ2v) is 7.58. The molecule has 148 valence electrons. The number of rotatable bonds is 6. The molecule has 4 rings (SSSR count). The lowest BCUT2D eigenvalue weighted by atomic mass is 9.93. The molecule has 1 aliphatic heterocycles. The zero-order chi connectivity index (χ0) is 20.2. The number of fused-ring (bicyclic) bond motifs is 1. The van der Waals surface area contributed by atoms with Gasteiger partial charge in [-0.25, -0.2) is 15.0 Å². The minimum atomic E-state index is -0.0494. The molecule has 0 saturated carbocycles. The molecule has 0 fully saturated rings. The molecule has 6 nitrogen and oxygen atoms in total. The number of aliphatic hydroxyl groups excluding tert-OH is 1. The van der Waals surface area contributed by atoms with E-state index in [1.165, 1.54) is 0 Å². The van der Waals surface area contributed by atoms with Gasteiger partial charge in [0.25, 0.3) is 0 Å². The van der Waals surface area contributed by atoms with Crippen LogP contribution in [0.5, 0.6) is 5.88 Å². The van der Waals surface area contributed by atoms with Crippen molar-refractivity contribution in [3.63, 3.8) is 0 Å². The number of halogens is 1. The number of aromatic nitrogens is 2. The normalized spacial score (nSPS) is 15.6. The van der Waals surface area contributed by atoms with Crippen LogP contribution < -0.4 is 4.74 Å². The van der Waals surface area contributed by atoms with Crippen molar-refractivity contribution < 1.29 is 9.84 Å². The van der Waals surface area contributed by atoms with Gasteiger partial charge in [0.1, 0.15) is 5.69 Å². The van der Waals surface area contributed by atoms with Crippen LogP contribution in [0.25, 0.3) is 0 Å². The Hall–Kier alpha value is -2.77. The van der Waals surface area contributed by atoms with Gasteiger partial charge in [0, 0.05) is 23.2 Å². The molecule has 1 atom stereocenters. The third-order valence-electron chi connectivity index (χ3n) is 4.83. The molecule has 0 saturated heterocycles. The average Bonchev–Trinajstić information content (AvgIpc) is 2.77. The van der Waals surface area contributed by atoms with Crippen LogP contribution in [-0.4, -0.2) is 46.1 Å². The lowest BCUT2D eigenvalue weighted by molar-refractivity contribution is 0.254. The predicted molar refractivity (Wildman–Crippen MR) is 116 cm³/mol. The molecule has 2 heterocycles. The smallest absolute Gasteiger partial charge is 0.232 e. The monoisotopic (exact) mass is 452 g/mol. The third kappa shape index (κ3) is 4.02. The summed E-state index contributed by atoms with van der Waals surface area (Å²) < 4.78 is 6.14.